The molecular weight excluding hydrogens is 349 g/mol. The highest BCUT2D eigenvalue weighted by atomic mass is 32.2. The quantitative estimate of drug-likeness (QED) is 0.371. The van der Waals surface area contributed by atoms with Gasteiger partial charge in [0.25, 0.3) is 10.9 Å². The van der Waals surface area contributed by atoms with Gasteiger partial charge in [-0.15, -0.1) is 10.2 Å². The van der Waals surface area contributed by atoms with E-state index >= 15 is 0 Å². The first kappa shape index (κ1) is 16.9. The van der Waals surface area contributed by atoms with E-state index in [1.165, 1.54) is 23.9 Å². The number of halogens is 1. The molecule has 0 fully saturated rings. The van der Waals surface area contributed by atoms with Crippen LogP contribution in [-0.4, -0.2) is 22.2 Å². The van der Waals surface area contributed by atoms with Crippen molar-refractivity contribution in [1.82, 2.24) is 10.2 Å². The molecule has 3 rings (SSSR count). The minimum atomic E-state index is -0.658. The van der Waals surface area contributed by atoms with E-state index in [2.05, 4.69) is 10.2 Å². The highest BCUT2D eigenvalue weighted by Gasteiger charge is 2.13. The van der Waals surface area contributed by atoms with Crippen molar-refractivity contribution in [3.63, 3.8) is 0 Å². The summed E-state index contributed by atoms with van der Waals surface area (Å²) in [5.41, 5.74) is 0.905. The zero-order valence-corrected chi connectivity index (χ0v) is 13.8. The molecule has 0 N–H and O–H groups in total. The molecule has 0 aliphatic heterocycles. The summed E-state index contributed by atoms with van der Waals surface area (Å²) in [6.45, 7) is 0. The lowest BCUT2D eigenvalue weighted by Gasteiger charge is -2.00. The van der Waals surface area contributed by atoms with Crippen molar-refractivity contribution in [2.75, 3.05) is 7.11 Å². The van der Waals surface area contributed by atoms with Crippen molar-refractivity contribution in [2.24, 2.45) is 0 Å². The van der Waals surface area contributed by atoms with Gasteiger partial charge in [-0.05, 0) is 35.9 Å². The van der Waals surface area contributed by atoms with Gasteiger partial charge in [0.2, 0.25) is 5.89 Å². The third kappa shape index (κ3) is 4.13. The predicted octanol–water partition coefficient (Wildman–Crippen LogP) is 4.08. The Morgan fingerprint density at radius 3 is 2.68 bits per heavy atom. The predicted molar refractivity (Wildman–Crippen MR) is 88.9 cm³/mol. The van der Waals surface area contributed by atoms with Crippen LogP contribution in [0.2, 0.25) is 0 Å². The van der Waals surface area contributed by atoms with Gasteiger partial charge >= 0.3 is 0 Å². The van der Waals surface area contributed by atoms with Crippen molar-refractivity contribution in [3.8, 4) is 17.2 Å². The van der Waals surface area contributed by atoms with Gasteiger partial charge in [0.15, 0.2) is 0 Å². The van der Waals surface area contributed by atoms with E-state index in [0.29, 0.717) is 17.2 Å². The molecule has 0 saturated heterocycles. The van der Waals surface area contributed by atoms with Gasteiger partial charge in [-0.1, -0.05) is 11.8 Å². The van der Waals surface area contributed by atoms with Crippen molar-refractivity contribution in [2.45, 2.75) is 11.0 Å². The minimum Gasteiger partial charge on any atom is -0.497 e. The molecule has 0 radical (unpaired) electrons. The first-order valence-corrected chi connectivity index (χ1v) is 8.08. The van der Waals surface area contributed by atoms with E-state index in [4.69, 9.17) is 9.15 Å². The Morgan fingerprint density at radius 2 is 2.00 bits per heavy atom. The number of nitrogens with zero attached hydrogens (tertiary/aromatic N) is 3. The lowest BCUT2D eigenvalue weighted by atomic mass is 10.2. The number of thioether (sulfide) groups is 1. The van der Waals surface area contributed by atoms with Gasteiger partial charge in [-0.3, -0.25) is 10.1 Å². The molecule has 0 aliphatic carbocycles. The number of methoxy groups -OCH3 is 1. The minimum absolute atomic E-state index is 0.267. The molecule has 1 aromatic heterocycles. The number of nitro groups is 1. The van der Waals surface area contributed by atoms with Crippen LogP contribution in [0, 0.1) is 15.9 Å². The number of hydrogen-bond acceptors (Lipinski definition) is 7. The molecule has 9 heteroatoms. The maximum absolute atomic E-state index is 13.4. The molecule has 0 atom stereocenters. The first-order valence-electron chi connectivity index (χ1n) is 7.10. The molecule has 0 bridgehead atoms. The van der Waals surface area contributed by atoms with Crippen molar-refractivity contribution < 1.29 is 18.5 Å². The Morgan fingerprint density at radius 1 is 1.24 bits per heavy atom. The van der Waals surface area contributed by atoms with Crippen LogP contribution < -0.4 is 4.74 Å². The topological polar surface area (TPSA) is 91.3 Å². The summed E-state index contributed by atoms with van der Waals surface area (Å²) in [6, 6.07) is 10.6. The lowest BCUT2D eigenvalue weighted by molar-refractivity contribution is -0.385. The highest BCUT2D eigenvalue weighted by molar-refractivity contribution is 7.98. The van der Waals surface area contributed by atoms with Gasteiger partial charge < -0.3 is 9.15 Å². The largest absolute Gasteiger partial charge is 0.497 e. The first-order chi connectivity index (χ1) is 12.0. The number of non-ortho nitro benzene ring substituents is 1. The fraction of sp³-hybridized carbons (Fsp3) is 0.125. The summed E-state index contributed by atoms with van der Waals surface area (Å²) in [6.07, 6.45) is 0. The average molecular weight is 361 g/mol. The Balaban J connectivity index is 1.70. The number of aromatic nitrogens is 2. The molecule has 0 amide bonds. The molecule has 3 aromatic rings. The smallest absolute Gasteiger partial charge is 0.277 e. The van der Waals surface area contributed by atoms with Crippen LogP contribution in [0.1, 0.15) is 5.56 Å². The van der Waals surface area contributed by atoms with Crippen molar-refractivity contribution >= 4 is 17.4 Å². The third-order valence-corrected chi connectivity index (χ3v) is 4.15. The maximum atomic E-state index is 13.4. The van der Waals surface area contributed by atoms with Crippen LogP contribution in [0.15, 0.2) is 52.1 Å². The molecule has 0 saturated carbocycles. The second-order valence-corrected chi connectivity index (χ2v) is 5.89. The van der Waals surface area contributed by atoms with E-state index < -0.39 is 10.7 Å². The Hall–Kier alpha value is -2.94. The van der Waals surface area contributed by atoms with Crippen LogP contribution in [0.3, 0.4) is 0 Å². The van der Waals surface area contributed by atoms with Crippen molar-refractivity contribution in [3.05, 3.63) is 64.0 Å². The van der Waals surface area contributed by atoms with Gasteiger partial charge in [0.05, 0.1) is 18.1 Å². The lowest BCUT2D eigenvalue weighted by Crippen LogP contribution is -1.92. The molecule has 25 heavy (non-hydrogen) atoms. The van der Waals surface area contributed by atoms with E-state index in [-0.39, 0.29) is 16.7 Å². The fourth-order valence-electron chi connectivity index (χ4n) is 2.09. The van der Waals surface area contributed by atoms with E-state index in [0.717, 1.165) is 11.6 Å². The zero-order valence-electron chi connectivity index (χ0n) is 13.0. The summed E-state index contributed by atoms with van der Waals surface area (Å²) < 4.78 is 24.1. The highest BCUT2D eigenvalue weighted by Crippen LogP contribution is 2.28. The van der Waals surface area contributed by atoms with E-state index in [9.17, 15) is 14.5 Å². The summed E-state index contributed by atoms with van der Waals surface area (Å²) in [7, 11) is 1.58. The zero-order chi connectivity index (χ0) is 17.8. The maximum Gasteiger partial charge on any atom is 0.277 e. The molecular formula is C16H12FN3O4S. The molecule has 0 unspecified atom stereocenters. The van der Waals surface area contributed by atoms with Crippen LogP contribution >= 0.6 is 11.8 Å². The standard InChI is InChI=1S/C16H12FN3O4S/c1-23-14-4-2-11(3-5-14)15-18-19-16(24-15)25-9-10-6-12(17)8-13(7-10)20(21)22/h2-8H,9H2,1H3. The van der Waals surface area contributed by atoms with Gasteiger partial charge in [0, 0.05) is 17.4 Å². The van der Waals surface area contributed by atoms with Crippen LogP contribution in [-0.2, 0) is 5.75 Å². The molecule has 0 aliphatic rings. The third-order valence-electron chi connectivity index (χ3n) is 3.26. The Kier molecular flexibility index (Phi) is 4.94. The van der Waals surface area contributed by atoms with E-state index in [1.807, 2.05) is 0 Å². The Labute approximate surface area is 146 Å². The van der Waals surface area contributed by atoms with Gasteiger partial charge in [-0.25, -0.2) is 4.39 Å². The molecule has 2 aromatic carbocycles. The van der Waals surface area contributed by atoms with Crippen LogP contribution in [0.4, 0.5) is 10.1 Å². The second-order valence-electron chi connectivity index (χ2n) is 4.97. The van der Waals surface area contributed by atoms with Gasteiger partial charge in [0.1, 0.15) is 11.6 Å². The van der Waals surface area contributed by atoms with E-state index in [1.54, 1.807) is 31.4 Å². The number of nitro benzene ring substituents is 1. The number of rotatable bonds is 6. The molecule has 128 valence electrons. The Bertz CT molecular complexity index is 899. The normalized spacial score (nSPS) is 10.6. The molecule has 1 heterocycles. The van der Waals surface area contributed by atoms with Crippen LogP contribution in [0.5, 0.6) is 5.75 Å². The summed E-state index contributed by atoms with van der Waals surface area (Å²) in [5, 5.41) is 18.9. The number of hydrogen-bond donors (Lipinski definition) is 0. The summed E-state index contributed by atoms with van der Waals surface area (Å²) in [4.78, 5) is 10.1. The average Bonchev–Trinajstić information content (AvgIpc) is 3.08. The van der Waals surface area contributed by atoms with Gasteiger partial charge in [-0.2, -0.15) is 0 Å². The number of ether oxygens (including phenoxy) is 1. The van der Waals surface area contributed by atoms with Crippen molar-refractivity contribution in [1.29, 1.82) is 0 Å². The SMILES string of the molecule is COc1ccc(-c2nnc(SCc3cc(F)cc([N+](=O)[O-])c3)o2)cc1. The monoisotopic (exact) mass is 361 g/mol. The van der Waals surface area contributed by atoms with Crippen LogP contribution in [0.25, 0.3) is 11.5 Å². The summed E-state index contributed by atoms with van der Waals surface area (Å²) >= 11 is 1.17. The number of benzene rings is 2. The molecule has 7 nitrogen and oxygen atoms in total. The fourth-order valence-corrected chi connectivity index (χ4v) is 2.78. The second kappa shape index (κ2) is 7.31. The molecule has 0 spiro atoms. The summed E-state index contributed by atoms with van der Waals surface area (Å²) in [5.74, 6) is 0.665.